The molecule has 1 aliphatic heterocycles. The van der Waals surface area contributed by atoms with Gasteiger partial charge in [0, 0.05) is 56.1 Å². The van der Waals surface area contributed by atoms with E-state index in [1.165, 1.54) is 6.08 Å². The fourth-order valence-electron chi connectivity index (χ4n) is 3.63. The van der Waals surface area contributed by atoms with Gasteiger partial charge in [0.2, 0.25) is 11.8 Å². The van der Waals surface area contributed by atoms with E-state index < -0.39 is 0 Å². The average molecular weight is 460 g/mol. The van der Waals surface area contributed by atoms with Gasteiger partial charge in [-0.1, -0.05) is 30.3 Å². The lowest BCUT2D eigenvalue weighted by atomic mass is 10.2. The largest absolute Gasteiger partial charge is 0.379 e. The number of ether oxygens (including phenoxy) is 1. The molecule has 34 heavy (non-hydrogen) atoms. The van der Waals surface area contributed by atoms with Crippen molar-refractivity contribution in [3.63, 3.8) is 0 Å². The van der Waals surface area contributed by atoms with E-state index in [-0.39, 0.29) is 11.8 Å². The van der Waals surface area contributed by atoms with E-state index in [1.807, 2.05) is 60.8 Å². The second kappa shape index (κ2) is 11.9. The van der Waals surface area contributed by atoms with Gasteiger partial charge in [0.1, 0.15) is 0 Å². The zero-order chi connectivity index (χ0) is 23.6. The molecule has 2 amide bonds. The van der Waals surface area contributed by atoms with Crippen molar-refractivity contribution in [1.82, 2.24) is 20.0 Å². The fraction of sp³-hybridized carbons (Fsp3) is 0.269. The topological polar surface area (TPSA) is 88.5 Å². The predicted molar refractivity (Wildman–Crippen MR) is 131 cm³/mol. The second-order valence-electron chi connectivity index (χ2n) is 8.06. The molecule has 2 N–H and O–H groups in total. The third-order valence-corrected chi connectivity index (χ3v) is 5.49. The van der Waals surface area contributed by atoms with Gasteiger partial charge in [-0.3, -0.25) is 14.5 Å². The van der Waals surface area contributed by atoms with Crippen LogP contribution in [0.1, 0.15) is 17.5 Å². The third kappa shape index (κ3) is 7.13. The van der Waals surface area contributed by atoms with Crippen LogP contribution in [0.15, 0.2) is 73.1 Å². The van der Waals surface area contributed by atoms with Gasteiger partial charge in [-0.15, -0.1) is 0 Å². The van der Waals surface area contributed by atoms with Gasteiger partial charge in [0.05, 0.1) is 25.1 Å². The third-order valence-electron chi connectivity index (χ3n) is 5.49. The smallest absolute Gasteiger partial charge is 0.244 e. The van der Waals surface area contributed by atoms with Gasteiger partial charge in [0.15, 0.2) is 0 Å². The normalized spacial score (nSPS) is 14.2. The summed E-state index contributed by atoms with van der Waals surface area (Å²) in [6, 6.07) is 17.3. The molecule has 0 unspecified atom stereocenters. The molecule has 0 saturated carbocycles. The minimum absolute atomic E-state index is 0.0216. The summed E-state index contributed by atoms with van der Waals surface area (Å²) in [4.78, 5) is 26.8. The molecule has 8 heteroatoms. The molecule has 2 heterocycles. The van der Waals surface area contributed by atoms with Crippen LogP contribution in [0.2, 0.25) is 0 Å². The maximum Gasteiger partial charge on any atom is 0.244 e. The Labute approximate surface area is 199 Å². The molecule has 0 aliphatic carbocycles. The number of para-hydroxylation sites is 1. The van der Waals surface area contributed by atoms with Crippen molar-refractivity contribution in [2.45, 2.75) is 13.0 Å². The Bertz CT molecular complexity index is 1120. The summed E-state index contributed by atoms with van der Waals surface area (Å²) in [5.41, 5.74) is 3.42. The van der Waals surface area contributed by atoms with Gasteiger partial charge < -0.3 is 15.4 Å². The van der Waals surface area contributed by atoms with E-state index in [0.717, 1.165) is 55.3 Å². The van der Waals surface area contributed by atoms with Gasteiger partial charge in [-0.2, -0.15) is 5.10 Å². The highest BCUT2D eigenvalue weighted by atomic mass is 16.5. The number of carbonyl (C=O) groups is 2. The van der Waals surface area contributed by atoms with Gasteiger partial charge in [-0.25, -0.2) is 4.68 Å². The molecule has 3 aromatic rings. The molecule has 0 atom stereocenters. The van der Waals surface area contributed by atoms with Crippen LogP contribution >= 0.6 is 0 Å². The molecule has 2 aromatic carbocycles. The molecule has 4 rings (SSSR count). The first kappa shape index (κ1) is 23.4. The number of hydrogen-bond donors (Lipinski definition) is 2. The summed E-state index contributed by atoms with van der Waals surface area (Å²) < 4.78 is 7.09. The number of aromatic nitrogens is 2. The molecule has 8 nitrogen and oxygen atoms in total. The van der Waals surface area contributed by atoms with Crippen molar-refractivity contribution in [2.24, 2.45) is 0 Å². The van der Waals surface area contributed by atoms with Crippen molar-refractivity contribution in [2.75, 3.05) is 38.2 Å². The zero-order valence-corrected chi connectivity index (χ0v) is 19.0. The number of morpholine rings is 1. The SMILES string of the molecule is O=C(/C=C/c1cnn(-c2ccccc2)c1)NCc1cccc(NC(=O)CCN2CCOCC2)c1. The molecular formula is C26H29N5O3. The molecule has 176 valence electrons. The number of amides is 2. The molecule has 0 spiro atoms. The highest BCUT2D eigenvalue weighted by Gasteiger charge is 2.12. The highest BCUT2D eigenvalue weighted by Crippen LogP contribution is 2.12. The molecule has 0 bridgehead atoms. The number of rotatable bonds is 9. The fourth-order valence-corrected chi connectivity index (χ4v) is 3.63. The lowest BCUT2D eigenvalue weighted by Crippen LogP contribution is -2.38. The first-order chi connectivity index (χ1) is 16.7. The van der Waals surface area contributed by atoms with Gasteiger partial charge in [-0.05, 0) is 35.9 Å². The number of hydrogen-bond acceptors (Lipinski definition) is 5. The summed E-state index contributed by atoms with van der Waals surface area (Å²) >= 11 is 0. The Morgan fingerprint density at radius 1 is 1.06 bits per heavy atom. The maximum atomic E-state index is 12.3. The minimum atomic E-state index is -0.201. The summed E-state index contributed by atoms with van der Waals surface area (Å²) in [7, 11) is 0. The van der Waals surface area contributed by atoms with Crippen LogP contribution in [0.4, 0.5) is 5.69 Å². The number of carbonyl (C=O) groups excluding carboxylic acids is 2. The Kier molecular flexibility index (Phi) is 8.21. The summed E-state index contributed by atoms with van der Waals surface area (Å²) in [6.07, 6.45) is 7.23. The van der Waals surface area contributed by atoms with Gasteiger partial charge in [0.25, 0.3) is 0 Å². The highest BCUT2D eigenvalue weighted by molar-refractivity contribution is 5.92. The monoisotopic (exact) mass is 459 g/mol. The zero-order valence-electron chi connectivity index (χ0n) is 19.0. The molecule has 1 aromatic heterocycles. The Morgan fingerprint density at radius 2 is 1.88 bits per heavy atom. The number of nitrogens with one attached hydrogen (secondary N) is 2. The van der Waals surface area contributed by atoms with Crippen LogP contribution in [0.3, 0.4) is 0 Å². The van der Waals surface area contributed by atoms with Crippen LogP contribution in [0.5, 0.6) is 0 Å². The first-order valence-electron chi connectivity index (χ1n) is 11.4. The molecule has 0 radical (unpaired) electrons. The number of anilines is 1. The number of nitrogens with zero attached hydrogens (tertiary/aromatic N) is 3. The Hall–Kier alpha value is -3.75. The summed E-state index contributed by atoms with van der Waals surface area (Å²) in [5.74, 6) is -0.223. The van der Waals surface area contributed by atoms with E-state index in [1.54, 1.807) is 17.0 Å². The quantitative estimate of drug-likeness (QED) is 0.481. The van der Waals surface area contributed by atoms with Crippen molar-refractivity contribution in [3.05, 3.63) is 84.2 Å². The lowest BCUT2D eigenvalue weighted by molar-refractivity contribution is -0.117. The second-order valence-corrected chi connectivity index (χ2v) is 8.06. The van der Waals surface area contributed by atoms with E-state index in [4.69, 9.17) is 4.74 Å². The van der Waals surface area contributed by atoms with Crippen molar-refractivity contribution in [3.8, 4) is 5.69 Å². The van der Waals surface area contributed by atoms with Crippen LogP contribution in [-0.4, -0.2) is 59.3 Å². The van der Waals surface area contributed by atoms with Crippen LogP contribution in [-0.2, 0) is 20.9 Å². The maximum absolute atomic E-state index is 12.3. The summed E-state index contributed by atoms with van der Waals surface area (Å²) in [5, 5.41) is 10.1. The molecule has 1 saturated heterocycles. The van der Waals surface area contributed by atoms with Crippen LogP contribution in [0, 0.1) is 0 Å². The minimum Gasteiger partial charge on any atom is -0.379 e. The molecule has 1 fully saturated rings. The lowest BCUT2D eigenvalue weighted by Gasteiger charge is -2.26. The summed E-state index contributed by atoms with van der Waals surface area (Å²) in [6.45, 7) is 4.27. The van der Waals surface area contributed by atoms with Crippen LogP contribution < -0.4 is 10.6 Å². The Morgan fingerprint density at radius 3 is 2.71 bits per heavy atom. The van der Waals surface area contributed by atoms with E-state index in [9.17, 15) is 9.59 Å². The van der Waals surface area contributed by atoms with Gasteiger partial charge >= 0.3 is 0 Å². The standard InChI is InChI=1S/C26H29N5O3/c32-25(10-9-22-19-28-31(20-22)24-7-2-1-3-8-24)27-18-21-5-4-6-23(17-21)29-26(33)11-12-30-13-15-34-16-14-30/h1-10,17,19-20H,11-16,18H2,(H,27,32)(H,29,33)/b10-9+. The average Bonchev–Trinajstić information content (AvgIpc) is 3.36. The van der Waals surface area contributed by atoms with Crippen LogP contribution in [0.25, 0.3) is 11.8 Å². The molecule has 1 aliphatic rings. The van der Waals surface area contributed by atoms with E-state index in [2.05, 4.69) is 20.6 Å². The Balaban J connectivity index is 1.22. The van der Waals surface area contributed by atoms with Crippen molar-refractivity contribution >= 4 is 23.6 Å². The van der Waals surface area contributed by atoms with E-state index >= 15 is 0 Å². The van der Waals surface area contributed by atoms with Crippen molar-refractivity contribution in [1.29, 1.82) is 0 Å². The predicted octanol–water partition coefficient (Wildman–Crippen LogP) is 2.86. The van der Waals surface area contributed by atoms with Crippen molar-refractivity contribution < 1.29 is 14.3 Å². The first-order valence-corrected chi connectivity index (χ1v) is 11.4. The van der Waals surface area contributed by atoms with E-state index in [0.29, 0.717) is 13.0 Å². The molecular weight excluding hydrogens is 430 g/mol. The number of benzene rings is 2.